The minimum absolute atomic E-state index is 0.0218. The zero-order valence-electron chi connectivity index (χ0n) is 49.7. The largest absolute Gasteiger partial charge is 0.356 e. The van der Waals surface area contributed by atoms with Gasteiger partial charge in [-0.05, 0) is 37.5 Å². The van der Waals surface area contributed by atoms with Crippen LogP contribution in [0.4, 0.5) is 34.5 Å². The highest BCUT2D eigenvalue weighted by Gasteiger charge is 2.23. The molecular weight excluding hydrogens is 1140 g/mol. The fraction of sp³-hybridized carbons (Fsp3) is 0.364. The molecule has 88 heavy (non-hydrogen) atoms. The van der Waals surface area contributed by atoms with Crippen LogP contribution in [0, 0.1) is 0 Å². The van der Waals surface area contributed by atoms with Gasteiger partial charge in [0.2, 0.25) is 41.1 Å². The number of aromatic nitrogens is 11. The summed E-state index contributed by atoms with van der Waals surface area (Å²) >= 11 is 0. The summed E-state index contributed by atoms with van der Waals surface area (Å²) in [4.78, 5) is 158. The number of imidazole rings is 4. The molecule has 0 radical (unpaired) electrons. The van der Waals surface area contributed by atoms with Gasteiger partial charge in [-0.3, -0.25) is 52.7 Å². The van der Waals surface area contributed by atoms with Crippen LogP contribution in [0.3, 0.4) is 0 Å². The van der Waals surface area contributed by atoms with Crippen molar-refractivity contribution in [1.29, 1.82) is 0 Å². The van der Waals surface area contributed by atoms with Gasteiger partial charge in [0.25, 0.3) is 41.4 Å². The van der Waals surface area contributed by atoms with Crippen LogP contribution < -0.4 is 58.5 Å². The molecule has 0 saturated heterocycles. The summed E-state index contributed by atoms with van der Waals surface area (Å²) in [5, 5.41) is 29.5. The third-order valence-electron chi connectivity index (χ3n) is 13.2. The van der Waals surface area contributed by atoms with Gasteiger partial charge in [0.15, 0.2) is 23.3 Å². The van der Waals surface area contributed by atoms with Crippen molar-refractivity contribution in [2.24, 2.45) is 49.3 Å². The standard InChI is InChI=1S/C55H70N22O11/c1-9-16-56-41(78)13-18-60-53(86)47-69-40(31-76(47)7)70-51(84)37-23-32(26-74(37)5)62-43(80)14-20-61-52(85)46-67-38(29-75(46)6)65-42(79)12-10-11-17-58-49(82)35-25-34(28-72(35)3)64-55(88)48-68-39(30-77(48)8)66-44(81)15-19-59-50(83)36-24-33(27-73(36)4)63-54(87)45-57-21-22-71(45)2/h21-31H,9-20H2,1-8H3,(H,56,78)(H,58,82)(H,59,83)(H,60,86)(H,61,85)(H,62,80)(H,63,87)(H,64,88)(H,65,79)(H,66,81)(H,70,84). The molecule has 7 aromatic heterocycles. The Hall–Kier alpha value is -11.2. The number of hydrogen-bond donors (Lipinski definition) is 11. The van der Waals surface area contributed by atoms with Gasteiger partial charge in [0.1, 0.15) is 17.1 Å². The lowest BCUT2D eigenvalue weighted by atomic mass is 10.2. The van der Waals surface area contributed by atoms with Crippen LogP contribution >= 0.6 is 0 Å². The molecule has 7 rings (SSSR count). The monoisotopic (exact) mass is 1210 g/mol. The number of carbonyl (C=O) groups excluding carboxylic acids is 11. The van der Waals surface area contributed by atoms with Gasteiger partial charge in [-0.1, -0.05) is 6.92 Å². The summed E-state index contributed by atoms with van der Waals surface area (Å²) in [5.41, 5.74) is 1.65. The van der Waals surface area contributed by atoms with Crippen LogP contribution in [-0.4, -0.2) is 150 Å². The molecular formula is C55H70N22O11. The van der Waals surface area contributed by atoms with Crippen molar-refractivity contribution < 1.29 is 52.7 Å². The average Bonchev–Trinajstić information content (AvgIpc) is 3.96. The van der Waals surface area contributed by atoms with E-state index in [1.54, 1.807) is 72.5 Å². The zero-order chi connectivity index (χ0) is 63.8. The molecule has 0 aliphatic carbocycles. The van der Waals surface area contributed by atoms with E-state index in [0.717, 1.165) is 6.42 Å². The second kappa shape index (κ2) is 29.6. The fourth-order valence-electron chi connectivity index (χ4n) is 8.73. The summed E-state index contributed by atoms with van der Waals surface area (Å²) < 4.78 is 10.4. The molecule has 0 bridgehead atoms. The van der Waals surface area contributed by atoms with E-state index in [0.29, 0.717) is 36.4 Å². The Morgan fingerprint density at radius 1 is 0.352 bits per heavy atom. The third kappa shape index (κ3) is 17.5. The first-order valence-corrected chi connectivity index (χ1v) is 27.8. The van der Waals surface area contributed by atoms with Gasteiger partial charge in [0.05, 0.1) is 17.1 Å². The molecule has 0 aliphatic heterocycles. The normalized spacial score (nSPS) is 10.9. The Morgan fingerprint density at radius 3 is 1.23 bits per heavy atom. The highest BCUT2D eigenvalue weighted by atomic mass is 16.2. The Balaban J connectivity index is 0.758. The number of unbranched alkanes of at least 4 members (excludes halogenated alkanes) is 1. The first-order valence-electron chi connectivity index (χ1n) is 27.8. The first-order chi connectivity index (χ1) is 42.0. The molecule has 33 heteroatoms. The number of carbonyl (C=O) groups is 11. The first kappa shape index (κ1) is 64.4. The van der Waals surface area contributed by atoms with Crippen molar-refractivity contribution in [1.82, 2.24) is 78.5 Å². The number of nitrogens with zero attached hydrogens (tertiary/aromatic N) is 11. The SMILES string of the molecule is CCCNC(=O)CCNC(=O)c1nc(NC(=O)c2cc(NC(=O)CCNC(=O)c3nc(NC(=O)CCCCNC(=O)c4cc(NC(=O)c5nc(NC(=O)CCNC(=O)c6cc(NC(=O)c7nccn7C)cn6C)cn5C)cn4C)cn3C)cn2C)cn1C. The van der Waals surface area contributed by atoms with Crippen molar-refractivity contribution in [2.75, 3.05) is 64.6 Å². The molecule has 0 aromatic carbocycles. The van der Waals surface area contributed by atoms with Crippen LogP contribution in [0.2, 0.25) is 0 Å². The lowest BCUT2D eigenvalue weighted by Crippen LogP contribution is -2.32. The maximum Gasteiger partial charge on any atom is 0.291 e. The number of amides is 11. The van der Waals surface area contributed by atoms with Crippen LogP contribution in [-0.2, 0) is 68.5 Å². The number of nitrogens with one attached hydrogen (secondary N) is 11. The average molecular weight is 1220 g/mol. The molecule has 0 unspecified atom stereocenters. The third-order valence-corrected chi connectivity index (χ3v) is 13.2. The minimum atomic E-state index is -0.618. The van der Waals surface area contributed by atoms with Crippen LogP contribution in [0.1, 0.15) is 126 Å². The molecule has 0 saturated carbocycles. The van der Waals surface area contributed by atoms with E-state index in [1.165, 1.54) is 76.6 Å². The predicted molar refractivity (Wildman–Crippen MR) is 319 cm³/mol. The Bertz CT molecular complexity index is 3770. The highest BCUT2D eigenvalue weighted by molar-refractivity contribution is 6.06. The van der Waals surface area contributed by atoms with E-state index in [2.05, 4.69) is 78.4 Å². The fourth-order valence-corrected chi connectivity index (χ4v) is 8.73. The van der Waals surface area contributed by atoms with Crippen molar-refractivity contribution in [2.45, 2.75) is 51.9 Å². The van der Waals surface area contributed by atoms with Crippen LogP contribution in [0.15, 0.2) is 67.8 Å². The number of hydrogen-bond acceptors (Lipinski definition) is 15. The van der Waals surface area contributed by atoms with Crippen LogP contribution in [0.25, 0.3) is 0 Å². The number of anilines is 6. The van der Waals surface area contributed by atoms with E-state index >= 15 is 0 Å². The maximum absolute atomic E-state index is 13.3. The minimum Gasteiger partial charge on any atom is -0.356 e. The van der Waals surface area contributed by atoms with E-state index < -0.39 is 53.2 Å². The molecule has 0 aliphatic rings. The smallest absolute Gasteiger partial charge is 0.291 e. The van der Waals surface area contributed by atoms with E-state index in [-0.39, 0.29) is 122 Å². The van der Waals surface area contributed by atoms with E-state index in [1.807, 2.05) is 6.92 Å². The number of aryl methyl sites for hydroxylation is 7. The topological polar surface area (TPSA) is 406 Å². The molecule has 0 spiro atoms. The van der Waals surface area contributed by atoms with Gasteiger partial charge in [-0.2, -0.15) is 0 Å². The molecule has 33 nitrogen and oxygen atoms in total. The molecule has 0 atom stereocenters. The quantitative estimate of drug-likeness (QED) is 0.0293. The van der Waals surface area contributed by atoms with Gasteiger partial charge >= 0.3 is 0 Å². The molecule has 7 heterocycles. The lowest BCUT2D eigenvalue weighted by Gasteiger charge is -2.06. The van der Waals surface area contributed by atoms with Gasteiger partial charge in [-0.25, -0.2) is 19.9 Å². The highest BCUT2D eigenvalue weighted by Crippen LogP contribution is 2.19. The second-order valence-electron chi connectivity index (χ2n) is 20.3. The van der Waals surface area contributed by atoms with Crippen molar-refractivity contribution in [3.05, 3.63) is 108 Å². The number of rotatable bonds is 29. The summed E-state index contributed by atoms with van der Waals surface area (Å²) in [5.74, 6) is -4.66. The summed E-state index contributed by atoms with van der Waals surface area (Å²) in [6.45, 7) is 2.72. The molecule has 466 valence electrons. The van der Waals surface area contributed by atoms with Gasteiger partial charge < -0.3 is 90.5 Å². The summed E-state index contributed by atoms with van der Waals surface area (Å²) in [6.07, 6.45) is 13.7. The molecule has 0 fully saturated rings. The Kier molecular flexibility index (Phi) is 21.7. The van der Waals surface area contributed by atoms with Crippen LogP contribution in [0.5, 0.6) is 0 Å². The second-order valence-corrected chi connectivity index (χ2v) is 20.3. The lowest BCUT2D eigenvalue weighted by molar-refractivity contribution is -0.121. The predicted octanol–water partition coefficient (Wildman–Crippen LogP) is 1.10. The van der Waals surface area contributed by atoms with Crippen molar-refractivity contribution >= 4 is 99.5 Å². The molecule has 7 aromatic rings. The van der Waals surface area contributed by atoms with E-state index in [4.69, 9.17) is 0 Å². The zero-order valence-corrected chi connectivity index (χ0v) is 49.7. The summed E-state index contributed by atoms with van der Waals surface area (Å²) in [6, 6.07) is 4.43. The van der Waals surface area contributed by atoms with Crippen molar-refractivity contribution in [3.63, 3.8) is 0 Å². The van der Waals surface area contributed by atoms with Gasteiger partial charge in [0, 0.05) is 157 Å². The Labute approximate surface area is 503 Å². The summed E-state index contributed by atoms with van der Waals surface area (Å²) in [7, 11) is 11.3. The molecule has 11 amide bonds. The van der Waals surface area contributed by atoms with Crippen molar-refractivity contribution in [3.8, 4) is 0 Å². The van der Waals surface area contributed by atoms with Gasteiger partial charge in [-0.15, -0.1) is 0 Å². The molecule has 11 N–H and O–H groups in total. The maximum atomic E-state index is 13.3. The Morgan fingerprint density at radius 2 is 0.750 bits per heavy atom. The van der Waals surface area contributed by atoms with E-state index in [9.17, 15) is 52.7 Å².